The normalized spacial score (nSPS) is 17.0. The van der Waals surface area contributed by atoms with Gasteiger partial charge in [-0.3, -0.25) is 4.79 Å². The van der Waals surface area contributed by atoms with Crippen LogP contribution < -0.4 is 11.1 Å². The van der Waals surface area contributed by atoms with Crippen LogP contribution in [0.5, 0.6) is 0 Å². The van der Waals surface area contributed by atoms with E-state index in [0.717, 1.165) is 12.8 Å². The van der Waals surface area contributed by atoms with Crippen LogP contribution in [0.25, 0.3) is 0 Å². The maximum atomic E-state index is 11.8. The molecule has 16 heavy (non-hydrogen) atoms. The van der Waals surface area contributed by atoms with Crippen molar-refractivity contribution in [1.82, 2.24) is 15.3 Å². The van der Waals surface area contributed by atoms with Gasteiger partial charge in [0.1, 0.15) is 11.5 Å². The molecule has 1 amide bonds. The van der Waals surface area contributed by atoms with Crippen LogP contribution in [-0.4, -0.2) is 21.9 Å². The molecule has 3 N–H and O–H groups in total. The molecule has 0 bridgehead atoms. The molecule has 5 heteroatoms. The van der Waals surface area contributed by atoms with Gasteiger partial charge in [-0.25, -0.2) is 9.97 Å². The van der Waals surface area contributed by atoms with E-state index >= 15 is 0 Å². The van der Waals surface area contributed by atoms with Crippen LogP contribution in [0, 0.1) is 0 Å². The molecule has 0 spiro atoms. The number of hydrogen-bond acceptors (Lipinski definition) is 4. The SMILES string of the molecule is Nc1cnc(C(=O)NC2CCCCC2)cn1. The van der Waals surface area contributed by atoms with E-state index in [1.54, 1.807) is 0 Å². The van der Waals surface area contributed by atoms with Gasteiger partial charge in [0.2, 0.25) is 0 Å². The van der Waals surface area contributed by atoms with E-state index in [9.17, 15) is 4.79 Å². The van der Waals surface area contributed by atoms with Crippen molar-refractivity contribution in [2.45, 2.75) is 38.1 Å². The zero-order chi connectivity index (χ0) is 11.4. The molecule has 2 rings (SSSR count). The van der Waals surface area contributed by atoms with Gasteiger partial charge < -0.3 is 11.1 Å². The molecular formula is C11H16N4O. The number of nitrogen functional groups attached to an aromatic ring is 1. The van der Waals surface area contributed by atoms with Crippen molar-refractivity contribution in [1.29, 1.82) is 0 Å². The highest BCUT2D eigenvalue weighted by molar-refractivity contribution is 5.92. The van der Waals surface area contributed by atoms with Gasteiger partial charge in [0.05, 0.1) is 12.4 Å². The lowest BCUT2D eigenvalue weighted by molar-refractivity contribution is 0.0922. The third-order valence-corrected chi connectivity index (χ3v) is 2.84. The Morgan fingerprint density at radius 3 is 2.62 bits per heavy atom. The van der Waals surface area contributed by atoms with Crippen LogP contribution in [-0.2, 0) is 0 Å². The third-order valence-electron chi connectivity index (χ3n) is 2.84. The van der Waals surface area contributed by atoms with Crippen molar-refractivity contribution < 1.29 is 4.79 Å². The quantitative estimate of drug-likeness (QED) is 0.782. The third kappa shape index (κ3) is 2.68. The summed E-state index contributed by atoms with van der Waals surface area (Å²) >= 11 is 0. The zero-order valence-corrected chi connectivity index (χ0v) is 9.15. The second-order valence-electron chi connectivity index (χ2n) is 4.13. The summed E-state index contributed by atoms with van der Waals surface area (Å²) in [6.07, 6.45) is 8.59. The fraction of sp³-hybridized carbons (Fsp3) is 0.545. The summed E-state index contributed by atoms with van der Waals surface area (Å²) in [6.45, 7) is 0. The molecule has 0 aliphatic heterocycles. The molecule has 0 radical (unpaired) electrons. The minimum absolute atomic E-state index is 0.153. The van der Waals surface area contributed by atoms with Crippen LogP contribution in [0.15, 0.2) is 12.4 Å². The predicted molar refractivity (Wildman–Crippen MR) is 60.8 cm³/mol. The van der Waals surface area contributed by atoms with Crippen molar-refractivity contribution in [2.24, 2.45) is 0 Å². The summed E-state index contributed by atoms with van der Waals surface area (Å²) in [4.78, 5) is 19.6. The van der Waals surface area contributed by atoms with E-state index < -0.39 is 0 Å². The molecule has 86 valence electrons. The number of aromatic nitrogens is 2. The highest BCUT2D eigenvalue weighted by atomic mass is 16.1. The average Bonchev–Trinajstić information content (AvgIpc) is 2.31. The Balaban J connectivity index is 1.94. The molecule has 0 aromatic carbocycles. The number of nitrogens with one attached hydrogen (secondary N) is 1. The highest BCUT2D eigenvalue weighted by Gasteiger charge is 2.17. The first-order valence-electron chi connectivity index (χ1n) is 5.64. The number of hydrogen-bond donors (Lipinski definition) is 2. The van der Waals surface area contributed by atoms with Gasteiger partial charge in [0.25, 0.3) is 5.91 Å². The Labute approximate surface area is 94.5 Å². The summed E-state index contributed by atoms with van der Waals surface area (Å²) < 4.78 is 0. The van der Waals surface area contributed by atoms with Gasteiger partial charge in [-0.05, 0) is 12.8 Å². The monoisotopic (exact) mass is 220 g/mol. The lowest BCUT2D eigenvalue weighted by Crippen LogP contribution is -2.36. The van der Waals surface area contributed by atoms with Crippen molar-refractivity contribution in [3.63, 3.8) is 0 Å². The molecule has 1 aliphatic rings. The van der Waals surface area contributed by atoms with Crippen molar-refractivity contribution in [3.05, 3.63) is 18.1 Å². The number of rotatable bonds is 2. The number of carbonyl (C=O) groups is 1. The minimum Gasteiger partial charge on any atom is -0.382 e. The van der Waals surface area contributed by atoms with Gasteiger partial charge in [-0.15, -0.1) is 0 Å². The van der Waals surface area contributed by atoms with E-state index in [0.29, 0.717) is 17.6 Å². The Kier molecular flexibility index (Phi) is 3.34. The molecule has 0 atom stereocenters. The molecule has 0 unspecified atom stereocenters. The van der Waals surface area contributed by atoms with Gasteiger partial charge in [0, 0.05) is 6.04 Å². The fourth-order valence-corrected chi connectivity index (χ4v) is 1.96. The van der Waals surface area contributed by atoms with E-state index in [2.05, 4.69) is 15.3 Å². The summed E-state index contributed by atoms with van der Waals surface area (Å²) in [5.41, 5.74) is 5.74. The topological polar surface area (TPSA) is 80.9 Å². The summed E-state index contributed by atoms with van der Waals surface area (Å²) in [5, 5.41) is 2.97. The Morgan fingerprint density at radius 1 is 1.25 bits per heavy atom. The number of nitrogens with two attached hydrogens (primary N) is 1. The first-order chi connectivity index (χ1) is 7.75. The Bertz CT molecular complexity index is 357. The van der Waals surface area contributed by atoms with Crippen LogP contribution in [0.1, 0.15) is 42.6 Å². The van der Waals surface area contributed by atoms with Gasteiger partial charge in [-0.2, -0.15) is 0 Å². The van der Waals surface area contributed by atoms with E-state index in [1.807, 2.05) is 0 Å². The molecule has 1 aliphatic carbocycles. The summed E-state index contributed by atoms with van der Waals surface area (Å²) in [7, 11) is 0. The van der Waals surface area contributed by atoms with Crippen molar-refractivity contribution in [2.75, 3.05) is 5.73 Å². The Morgan fingerprint density at radius 2 is 2.00 bits per heavy atom. The highest BCUT2D eigenvalue weighted by Crippen LogP contribution is 2.17. The van der Waals surface area contributed by atoms with Crippen LogP contribution in [0.4, 0.5) is 5.82 Å². The lowest BCUT2D eigenvalue weighted by atomic mass is 9.95. The molecule has 5 nitrogen and oxygen atoms in total. The van der Waals surface area contributed by atoms with E-state index in [4.69, 9.17) is 5.73 Å². The van der Waals surface area contributed by atoms with Crippen LogP contribution >= 0.6 is 0 Å². The standard InChI is InChI=1S/C11H16N4O/c12-10-7-13-9(6-14-10)11(16)15-8-4-2-1-3-5-8/h6-8H,1-5H2,(H2,12,14)(H,15,16). The molecular weight excluding hydrogens is 204 g/mol. The zero-order valence-electron chi connectivity index (χ0n) is 9.15. The summed E-state index contributed by atoms with van der Waals surface area (Å²) in [5.74, 6) is 0.175. The van der Waals surface area contributed by atoms with E-state index in [-0.39, 0.29) is 5.91 Å². The molecule has 1 fully saturated rings. The lowest BCUT2D eigenvalue weighted by Gasteiger charge is -2.22. The first-order valence-corrected chi connectivity index (χ1v) is 5.64. The average molecular weight is 220 g/mol. The molecule has 1 saturated carbocycles. The first kappa shape index (κ1) is 10.9. The number of nitrogens with zero attached hydrogens (tertiary/aromatic N) is 2. The minimum atomic E-state index is -0.153. The number of anilines is 1. The van der Waals surface area contributed by atoms with Crippen LogP contribution in [0.2, 0.25) is 0 Å². The second kappa shape index (κ2) is 4.92. The smallest absolute Gasteiger partial charge is 0.271 e. The summed E-state index contributed by atoms with van der Waals surface area (Å²) in [6, 6.07) is 0.292. The van der Waals surface area contributed by atoms with Crippen molar-refractivity contribution >= 4 is 11.7 Å². The number of amides is 1. The molecule has 1 heterocycles. The fourth-order valence-electron chi connectivity index (χ4n) is 1.96. The molecule has 1 aromatic rings. The molecule has 1 aromatic heterocycles. The number of carbonyl (C=O) groups excluding carboxylic acids is 1. The largest absolute Gasteiger partial charge is 0.382 e. The predicted octanol–water partition coefficient (Wildman–Crippen LogP) is 1.12. The van der Waals surface area contributed by atoms with Gasteiger partial charge in [-0.1, -0.05) is 19.3 Å². The Hall–Kier alpha value is -1.65. The van der Waals surface area contributed by atoms with E-state index in [1.165, 1.54) is 31.7 Å². The van der Waals surface area contributed by atoms with Gasteiger partial charge >= 0.3 is 0 Å². The van der Waals surface area contributed by atoms with Crippen LogP contribution in [0.3, 0.4) is 0 Å². The second-order valence-corrected chi connectivity index (χ2v) is 4.13. The molecule has 0 saturated heterocycles. The maximum absolute atomic E-state index is 11.8. The maximum Gasteiger partial charge on any atom is 0.271 e. The van der Waals surface area contributed by atoms with Crippen molar-refractivity contribution in [3.8, 4) is 0 Å². The van der Waals surface area contributed by atoms with Gasteiger partial charge in [0.15, 0.2) is 0 Å².